The monoisotopic (exact) mass is 437 g/mol. The Morgan fingerprint density at radius 1 is 1.32 bits per heavy atom. The summed E-state index contributed by atoms with van der Waals surface area (Å²) in [6, 6.07) is 7.97. The average Bonchev–Trinajstić information content (AvgIpc) is 3.37. The zero-order valence-electron chi connectivity index (χ0n) is 18.2. The molecule has 6 nitrogen and oxygen atoms in total. The molecule has 1 fully saturated rings. The van der Waals surface area contributed by atoms with Crippen molar-refractivity contribution in [1.29, 1.82) is 0 Å². The van der Waals surface area contributed by atoms with E-state index in [0.717, 1.165) is 30.2 Å². The van der Waals surface area contributed by atoms with Crippen LogP contribution in [0.2, 0.25) is 0 Å². The van der Waals surface area contributed by atoms with E-state index in [-0.39, 0.29) is 5.92 Å². The maximum absolute atomic E-state index is 12.7. The van der Waals surface area contributed by atoms with Gasteiger partial charge in [0.2, 0.25) is 5.89 Å². The molecule has 2 aromatic rings. The van der Waals surface area contributed by atoms with Gasteiger partial charge in [0.1, 0.15) is 6.26 Å². The van der Waals surface area contributed by atoms with Crippen molar-refractivity contribution in [3.05, 3.63) is 41.8 Å². The second kappa shape index (κ2) is 10.2. The molecule has 1 aliphatic rings. The van der Waals surface area contributed by atoms with Crippen LogP contribution in [0.3, 0.4) is 0 Å². The number of likely N-dealkylation sites (tertiary alicyclic amines) is 1. The topological polar surface area (TPSA) is 56.9 Å². The Morgan fingerprint density at radius 2 is 2.06 bits per heavy atom. The van der Waals surface area contributed by atoms with Crippen LogP contribution in [0, 0.1) is 12.8 Å². The molecule has 2 heterocycles. The molecule has 1 unspecified atom stereocenters. The average molecular weight is 438 g/mol. The molecule has 0 bridgehead atoms. The summed E-state index contributed by atoms with van der Waals surface area (Å²) >= 11 is 0. The van der Waals surface area contributed by atoms with Gasteiger partial charge in [0.15, 0.2) is 5.96 Å². The molecule has 170 valence electrons. The van der Waals surface area contributed by atoms with Gasteiger partial charge in [0.05, 0.1) is 18.8 Å². The van der Waals surface area contributed by atoms with Crippen molar-refractivity contribution in [3.63, 3.8) is 0 Å². The third kappa shape index (κ3) is 6.72. The number of nitrogens with one attached hydrogen (secondary N) is 1. The van der Waals surface area contributed by atoms with Crippen molar-refractivity contribution in [3.8, 4) is 11.5 Å². The summed E-state index contributed by atoms with van der Waals surface area (Å²) in [7, 11) is 1.71. The van der Waals surface area contributed by atoms with Gasteiger partial charge in [0, 0.05) is 32.2 Å². The number of aromatic nitrogens is 1. The largest absolute Gasteiger partial charge is 0.444 e. The molecule has 1 N–H and O–H groups in total. The molecule has 0 saturated carbocycles. The second-order valence-electron chi connectivity index (χ2n) is 7.95. The van der Waals surface area contributed by atoms with E-state index < -0.39 is 12.7 Å². The Labute approximate surface area is 181 Å². The number of nitrogens with zero attached hydrogens (tertiary/aromatic N) is 4. The summed E-state index contributed by atoms with van der Waals surface area (Å²) in [6.07, 6.45) is -1.70. The van der Waals surface area contributed by atoms with Crippen molar-refractivity contribution in [1.82, 2.24) is 20.1 Å². The first kappa shape index (κ1) is 23.1. The van der Waals surface area contributed by atoms with Crippen LogP contribution >= 0.6 is 0 Å². The highest BCUT2D eigenvalue weighted by Gasteiger charge is 2.33. The number of alkyl halides is 3. The molecule has 3 rings (SSSR count). The number of aliphatic imine (C=N–C) groups is 1. The lowest BCUT2D eigenvalue weighted by Crippen LogP contribution is -2.41. The smallest absolute Gasteiger partial charge is 0.401 e. The third-order valence-corrected chi connectivity index (χ3v) is 5.44. The minimum absolute atomic E-state index is 0.182. The van der Waals surface area contributed by atoms with E-state index in [2.05, 4.69) is 20.2 Å². The van der Waals surface area contributed by atoms with Gasteiger partial charge in [-0.3, -0.25) is 9.89 Å². The number of hydrogen-bond acceptors (Lipinski definition) is 4. The van der Waals surface area contributed by atoms with Gasteiger partial charge in [-0.05, 0) is 37.9 Å². The van der Waals surface area contributed by atoms with Gasteiger partial charge >= 0.3 is 6.18 Å². The molecule has 1 aromatic carbocycles. The zero-order valence-corrected chi connectivity index (χ0v) is 18.2. The van der Waals surface area contributed by atoms with Crippen molar-refractivity contribution in [2.75, 3.05) is 39.8 Å². The Morgan fingerprint density at radius 3 is 2.71 bits per heavy atom. The number of halogens is 3. The van der Waals surface area contributed by atoms with Gasteiger partial charge < -0.3 is 14.6 Å². The lowest BCUT2D eigenvalue weighted by Gasteiger charge is -2.26. The minimum Gasteiger partial charge on any atom is -0.444 e. The molecule has 1 aliphatic heterocycles. The highest BCUT2D eigenvalue weighted by Crippen LogP contribution is 2.22. The summed E-state index contributed by atoms with van der Waals surface area (Å²) in [5, 5.41) is 3.29. The minimum atomic E-state index is -4.17. The summed E-state index contributed by atoms with van der Waals surface area (Å²) in [4.78, 5) is 12.4. The molecule has 1 saturated heterocycles. The van der Waals surface area contributed by atoms with Crippen molar-refractivity contribution >= 4 is 5.96 Å². The molecule has 0 spiro atoms. The molecule has 1 aromatic heterocycles. The van der Waals surface area contributed by atoms with Crippen LogP contribution in [-0.4, -0.2) is 66.7 Å². The van der Waals surface area contributed by atoms with Crippen molar-refractivity contribution in [2.45, 2.75) is 33.0 Å². The van der Waals surface area contributed by atoms with Gasteiger partial charge in [-0.2, -0.15) is 13.2 Å². The molecule has 0 aliphatic carbocycles. The van der Waals surface area contributed by atoms with E-state index in [1.54, 1.807) is 20.2 Å². The summed E-state index contributed by atoms with van der Waals surface area (Å²) in [6.45, 7) is 5.66. The zero-order chi connectivity index (χ0) is 22.4. The standard InChI is InChI=1S/C22H30F3N5O/c1-4-29(15-22(23,24)25)12-17-9-10-30(13-17)21(26-3)27-11-19-14-31-20(28-19)18-7-5-16(2)6-8-18/h5-8,14,17H,4,9-13,15H2,1-3H3,(H,26,27). The van der Waals surface area contributed by atoms with E-state index in [0.29, 0.717) is 32.1 Å². The lowest BCUT2D eigenvalue weighted by molar-refractivity contribution is -0.146. The van der Waals surface area contributed by atoms with E-state index in [1.807, 2.05) is 31.2 Å². The predicted octanol–water partition coefficient (Wildman–Crippen LogP) is 3.93. The van der Waals surface area contributed by atoms with Gasteiger partial charge in [0.25, 0.3) is 0 Å². The van der Waals surface area contributed by atoms with E-state index in [1.165, 1.54) is 10.5 Å². The SMILES string of the molecule is CCN(CC1CCN(C(=NC)NCc2coc(-c3ccc(C)cc3)n2)C1)CC(F)(F)F. The summed E-state index contributed by atoms with van der Waals surface area (Å²) in [5.74, 6) is 1.47. The normalized spacial score (nSPS) is 17.6. The van der Waals surface area contributed by atoms with Crippen LogP contribution in [0.4, 0.5) is 13.2 Å². The van der Waals surface area contributed by atoms with Gasteiger partial charge in [-0.25, -0.2) is 4.98 Å². The molecule has 31 heavy (non-hydrogen) atoms. The number of oxazole rings is 1. The van der Waals surface area contributed by atoms with Crippen molar-refractivity contribution < 1.29 is 17.6 Å². The quantitative estimate of drug-likeness (QED) is 0.525. The Kier molecular flexibility index (Phi) is 7.59. The second-order valence-corrected chi connectivity index (χ2v) is 7.95. The summed E-state index contributed by atoms with van der Waals surface area (Å²) in [5.41, 5.74) is 2.85. The third-order valence-electron chi connectivity index (χ3n) is 5.44. The number of rotatable bonds is 7. The molecular formula is C22H30F3N5O. The first-order valence-electron chi connectivity index (χ1n) is 10.5. The molecule has 1 atom stereocenters. The van der Waals surface area contributed by atoms with Crippen LogP contribution < -0.4 is 5.32 Å². The van der Waals surface area contributed by atoms with Gasteiger partial charge in [-0.1, -0.05) is 24.6 Å². The number of benzene rings is 1. The fourth-order valence-electron chi connectivity index (χ4n) is 3.82. The predicted molar refractivity (Wildman–Crippen MR) is 115 cm³/mol. The Hall–Kier alpha value is -2.55. The molecule has 9 heteroatoms. The van der Waals surface area contributed by atoms with Crippen molar-refractivity contribution in [2.24, 2.45) is 10.9 Å². The van der Waals surface area contributed by atoms with Crippen LogP contribution in [0.5, 0.6) is 0 Å². The highest BCUT2D eigenvalue weighted by atomic mass is 19.4. The maximum atomic E-state index is 12.7. The van der Waals surface area contributed by atoms with E-state index in [4.69, 9.17) is 4.42 Å². The van der Waals surface area contributed by atoms with Crippen LogP contribution in [0.1, 0.15) is 24.6 Å². The molecule has 0 radical (unpaired) electrons. The summed E-state index contributed by atoms with van der Waals surface area (Å²) < 4.78 is 43.8. The Balaban J connectivity index is 1.51. The van der Waals surface area contributed by atoms with Crippen LogP contribution in [-0.2, 0) is 6.54 Å². The van der Waals surface area contributed by atoms with E-state index in [9.17, 15) is 13.2 Å². The maximum Gasteiger partial charge on any atom is 0.401 e. The fourth-order valence-corrected chi connectivity index (χ4v) is 3.82. The van der Waals surface area contributed by atoms with Crippen LogP contribution in [0.15, 0.2) is 39.9 Å². The Bertz CT molecular complexity index is 863. The fraction of sp³-hybridized carbons (Fsp3) is 0.545. The van der Waals surface area contributed by atoms with Crippen LogP contribution in [0.25, 0.3) is 11.5 Å². The van der Waals surface area contributed by atoms with Gasteiger partial charge in [-0.15, -0.1) is 0 Å². The first-order chi connectivity index (χ1) is 14.8. The number of hydrogen-bond donors (Lipinski definition) is 1. The highest BCUT2D eigenvalue weighted by molar-refractivity contribution is 5.80. The first-order valence-corrected chi connectivity index (χ1v) is 10.5. The number of aryl methyl sites for hydroxylation is 1. The number of guanidine groups is 1. The molecule has 0 amide bonds. The lowest BCUT2D eigenvalue weighted by atomic mass is 10.1. The van der Waals surface area contributed by atoms with E-state index >= 15 is 0 Å². The molecular weight excluding hydrogens is 407 g/mol.